The predicted molar refractivity (Wildman–Crippen MR) is 102 cm³/mol. The summed E-state index contributed by atoms with van der Waals surface area (Å²) in [5.74, 6) is 0.622. The number of ether oxygens (including phenoxy) is 1. The predicted octanol–water partition coefficient (Wildman–Crippen LogP) is 4.77. The van der Waals surface area contributed by atoms with Crippen LogP contribution >= 0.6 is 11.6 Å². The van der Waals surface area contributed by atoms with E-state index in [1.54, 1.807) is 6.07 Å². The van der Waals surface area contributed by atoms with E-state index in [1.807, 2.05) is 66.7 Å². The van der Waals surface area contributed by atoms with Crippen molar-refractivity contribution in [3.05, 3.63) is 94.5 Å². The van der Waals surface area contributed by atoms with Gasteiger partial charge in [0.2, 0.25) is 0 Å². The number of anilines is 1. The van der Waals surface area contributed by atoms with Gasteiger partial charge in [-0.3, -0.25) is 4.79 Å². The van der Waals surface area contributed by atoms with Gasteiger partial charge in [-0.25, -0.2) is 0 Å². The van der Waals surface area contributed by atoms with Crippen LogP contribution in [0.5, 0.6) is 5.75 Å². The molecular weight excluding hydrogens is 348 g/mol. The van der Waals surface area contributed by atoms with Gasteiger partial charge in [-0.15, -0.1) is 0 Å². The quantitative estimate of drug-likeness (QED) is 0.700. The standard InChI is InChI=1S/C21H17ClN2O2/c22-15-11-9-14(10-12-15)13-26-19-8-4-2-6-17(19)20-23-18-7-3-1-5-16(18)21(25)24-20/h1-12,20,23H,13H2,(H,24,25). The Morgan fingerprint density at radius 3 is 2.46 bits per heavy atom. The fourth-order valence-corrected chi connectivity index (χ4v) is 3.08. The smallest absolute Gasteiger partial charge is 0.255 e. The lowest BCUT2D eigenvalue weighted by atomic mass is 10.1. The minimum atomic E-state index is -0.348. The molecule has 5 heteroatoms. The SMILES string of the molecule is O=C1NC(c2ccccc2OCc2ccc(Cl)cc2)Nc2ccccc21. The first-order chi connectivity index (χ1) is 12.7. The summed E-state index contributed by atoms with van der Waals surface area (Å²) in [6.07, 6.45) is -0.348. The number of halogens is 1. The van der Waals surface area contributed by atoms with E-state index >= 15 is 0 Å². The maximum Gasteiger partial charge on any atom is 0.255 e. The van der Waals surface area contributed by atoms with E-state index in [2.05, 4.69) is 10.6 Å². The van der Waals surface area contributed by atoms with Crippen LogP contribution in [-0.2, 0) is 6.61 Å². The Kier molecular flexibility index (Phi) is 4.50. The van der Waals surface area contributed by atoms with Gasteiger partial charge in [0.05, 0.1) is 5.56 Å². The zero-order chi connectivity index (χ0) is 17.9. The van der Waals surface area contributed by atoms with Gasteiger partial charge < -0.3 is 15.4 Å². The molecule has 1 heterocycles. The van der Waals surface area contributed by atoms with Crippen molar-refractivity contribution in [3.8, 4) is 5.75 Å². The number of carbonyl (C=O) groups excluding carboxylic acids is 1. The molecule has 0 spiro atoms. The molecule has 1 aliphatic rings. The minimum absolute atomic E-state index is 0.100. The number of carbonyl (C=O) groups is 1. The normalized spacial score (nSPS) is 15.6. The van der Waals surface area contributed by atoms with E-state index in [1.165, 1.54) is 0 Å². The van der Waals surface area contributed by atoms with E-state index in [0.29, 0.717) is 17.2 Å². The van der Waals surface area contributed by atoms with Crippen molar-refractivity contribution >= 4 is 23.2 Å². The third-order valence-electron chi connectivity index (χ3n) is 4.28. The summed E-state index contributed by atoms with van der Waals surface area (Å²) in [4.78, 5) is 12.4. The molecule has 1 unspecified atom stereocenters. The number of hydrogen-bond donors (Lipinski definition) is 2. The number of para-hydroxylation sites is 2. The van der Waals surface area contributed by atoms with Crippen LogP contribution in [-0.4, -0.2) is 5.91 Å². The van der Waals surface area contributed by atoms with Gasteiger partial charge in [-0.1, -0.05) is 54.1 Å². The Balaban J connectivity index is 1.56. The molecule has 1 atom stereocenters. The highest BCUT2D eigenvalue weighted by Crippen LogP contribution is 2.31. The second-order valence-corrected chi connectivity index (χ2v) is 6.49. The van der Waals surface area contributed by atoms with Crippen LogP contribution in [0.25, 0.3) is 0 Å². The summed E-state index contributed by atoms with van der Waals surface area (Å²) in [6, 6.07) is 22.7. The van der Waals surface area contributed by atoms with Crippen molar-refractivity contribution < 1.29 is 9.53 Å². The molecule has 0 fully saturated rings. The number of fused-ring (bicyclic) bond motifs is 1. The first-order valence-corrected chi connectivity index (χ1v) is 8.71. The topological polar surface area (TPSA) is 50.4 Å². The van der Waals surface area contributed by atoms with Crippen molar-refractivity contribution in [3.63, 3.8) is 0 Å². The molecule has 1 amide bonds. The molecule has 0 aromatic heterocycles. The zero-order valence-electron chi connectivity index (χ0n) is 13.9. The fourth-order valence-electron chi connectivity index (χ4n) is 2.96. The van der Waals surface area contributed by atoms with Crippen LogP contribution in [0.4, 0.5) is 5.69 Å². The summed E-state index contributed by atoms with van der Waals surface area (Å²) in [7, 11) is 0. The monoisotopic (exact) mass is 364 g/mol. The second-order valence-electron chi connectivity index (χ2n) is 6.05. The zero-order valence-corrected chi connectivity index (χ0v) is 14.7. The third kappa shape index (κ3) is 3.37. The lowest BCUT2D eigenvalue weighted by molar-refractivity contribution is 0.0935. The van der Waals surface area contributed by atoms with Crippen LogP contribution in [0, 0.1) is 0 Å². The molecular formula is C21H17ClN2O2. The van der Waals surface area contributed by atoms with Gasteiger partial charge in [0.25, 0.3) is 5.91 Å². The second kappa shape index (κ2) is 7.10. The van der Waals surface area contributed by atoms with Gasteiger partial charge in [0.1, 0.15) is 18.5 Å². The average molecular weight is 365 g/mol. The Hall–Kier alpha value is -2.98. The average Bonchev–Trinajstić information content (AvgIpc) is 2.68. The molecule has 2 N–H and O–H groups in total. The number of amides is 1. The van der Waals surface area contributed by atoms with E-state index in [9.17, 15) is 4.79 Å². The van der Waals surface area contributed by atoms with Gasteiger partial charge >= 0.3 is 0 Å². The van der Waals surface area contributed by atoms with Crippen LogP contribution in [0.15, 0.2) is 72.8 Å². The Morgan fingerprint density at radius 2 is 1.62 bits per heavy atom. The number of nitrogens with one attached hydrogen (secondary N) is 2. The fraction of sp³-hybridized carbons (Fsp3) is 0.0952. The summed E-state index contributed by atoms with van der Waals surface area (Å²) in [6.45, 7) is 0.422. The van der Waals surface area contributed by atoms with Gasteiger partial charge in [-0.05, 0) is 35.9 Å². The molecule has 0 saturated heterocycles. The van der Waals surface area contributed by atoms with Gasteiger partial charge in [0.15, 0.2) is 0 Å². The van der Waals surface area contributed by atoms with Crippen LogP contribution in [0.2, 0.25) is 5.02 Å². The van der Waals surface area contributed by atoms with E-state index in [0.717, 1.165) is 22.6 Å². The highest BCUT2D eigenvalue weighted by atomic mass is 35.5. The molecule has 4 nitrogen and oxygen atoms in total. The maximum atomic E-state index is 12.4. The molecule has 130 valence electrons. The van der Waals surface area contributed by atoms with Crippen molar-refractivity contribution in [2.24, 2.45) is 0 Å². The minimum Gasteiger partial charge on any atom is -0.488 e. The van der Waals surface area contributed by atoms with Crippen LogP contribution in [0.1, 0.15) is 27.7 Å². The molecule has 0 bridgehead atoms. The lowest BCUT2D eigenvalue weighted by Gasteiger charge is -2.29. The molecule has 3 aromatic carbocycles. The lowest BCUT2D eigenvalue weighted by Crippen LogP contribution is -2.38. The van der Waals surface area contributed by atoms with Crippen molar-refractivity contribution in [1.82, 2.24) is 5.32 Å². The summed E-state index contributed by atoms with van der Waals surface area (Å²) in [5.41, 5.74) is 3.36. The molecule has 0 saturated carbocycles. The highest BCUT2D eigenvalue weighted by Gasteiger charge is 2.26. The van der Waals surface area contributed by atoms with E-state index in [-0.39, 0.29) is 12.1 Å². The van der Waals surface area contributed by atoms with E-state index in [4.69, 9.17) is 16.3 Å². The number of benzene rings is 3. The first kappa shape index (κ1) is 16.5. The molecule has 1 aliphatic heterocycles. The Labute approximate surface area is 156 Å². The summed E-state index contributed by atoms with van der Waals surface area (Å²) >= 11 is 5.92. The van der Waals surface area contributed by atoms with Gasteiger partial charge in [-0.2, -0.15) is 0 Å². The van der Waals surface area contributed by atoms with E-state index < -0.39 is 0 Å². The summed E-state index contributed by atoms with van der Waals surface area (Å²) < 4.78 is 6.01. The number of hydrogen-bond acceptors (Lipinski definition) is 3. The molecule has 4 rings (SSSR count). The first-order valence-electron chi connectivity index (χ1n) is 8.33. The molecule has 26 heavy (non-hydrogen) atoms. The maximum absolute atomic E-state index is 12.4. The highest BCUT2D eigenvalue weighted by molar-refractivity contribution is 6.30. The third-order valence-corrected chi connectivity index (χ3v) is 4.54. The number of rotatable bonds is 4. The van der Waals surface area contributed by atoms with Crippen molar-refractivity contribution in [2.45, 2.75) is 12.8 Å². The molecule has 0 aliphatic carbocycles. The van der Waals surface area contributed by atoms with Crippen LogP contribution < -0.4 is 15.4 Å². The summed E-state index contributed by atoms with van der Waals surface area (Å²) in [5, 5.41) is 7.04. The van der Waals surface area contributed by atoms with Crippen LogP contribution in [0.3, 0.4) is 0 Å². The molecule has 3 aromatic rings. The van der Waals surface area contributed by atoms with Crippen molar-refractivity contribution in [1.29, 1.82) is 0 Å². The largest absolute Gasteiger partial charge is 0.488 e. The van der Waals surface area contributed by atoms with Crippen molar-refractivity contribution in [2.75, 3.05) is 5.32 Å². The molecule has 0 radical (unpaired) electrons. The Morgan fingerprint density at radius 1 is 0.885 bits per heavy atom. The van der Waals surface area contributed by atoms with Gasteiger partial charge in [0, 0.05) is 16.3 Å². The Bertz CT molecular complexity index is 941.